The van der Waals surface area contributed by atoms with Gasteiger partial charge in [-0.2, -0.15) is 0 Å². The number of halogens is 2. The van der Waals surface area contributed by atoms with Crippen molar-refractivity contribution >= 4 is 39.6 Å². The minimum absolute atomic E-state index is 0.0958. The summed E-state index contributed by atoms with van der Waals surface area (Å²) in [5, 5.41) is 1.08. The van der Waals surface area contributed by atoms with Crippen LogP contribution in [0.15, 0.2) is 64.2 Å². The summed E-state index contributed by atoms with van der Waals surface area (Å²) in [4.78, 5) is 26.0. The van der Waals surface area contributed by atoms with Crippen LogP contribution < -0.4 is 5.63 Å². The maximum absolute atomic E-state index is 12.7. The number of hydrogen-bond donors (Lipinski definition) is 0. The second kappa shape index (κ2) is 6.69. The van der Waals surface area contributed by atoms with Gasteiger partial charge in [0.2, 0.25) is 0 Å². The predicted molar refractivity (Wildman–Crippen MR) is 112 cm³/mol. The lowest BCUT2D eigenvalue weighted by Gasteiger charge is -2.12. The van der Waals surface area contributed by atoms with Crippen LogP contribution in [0.4, 0.5) is 0 Å². The van der Waals surface area contributed by atoms with Gasteiger partial charge in [-0.05, 0) is 48.9 Å². The third-order valence-electron chi connectivity index (χ3n) is 4.68. The molecule has 1 aromatic carbocycles. The van der Waals surface area contributed by atoms with Gasteiger partial charge in [-0.15, -0.1) is 0 Å². The van der Waals surface area contributed by atoms with Crippen LogP contribution in [0.25, 0.3) is 39.3 Å². The van der Waals surface area contributed by atoms with E-state index in [1.165, 1.54) is 0 Å². The fourth-order valence-electron chi connectivity index (χ4n) is 3.39. The molecule has 0 saturated heterocycles. The molecule has 29 heavy (non-hydrogen) atoms. The highest BCUT2D eigenvalue weighted by Gasteiger charge is 2.21. The molecule has 0 radical (unpaired) electrons. The van der Waals surface area contributed by atoms with E-state index in [1.807, 2.05) is 35.7 Å². The van der Waals surface area contributed by atoms with Crippen molar-refractivity contribution in [2.75, 3.05) is 0 Å². The van der Waals surface area contributed by atoms with E-state index in [1.54, 1.807) is 30.6 Å². The molecule has 4 aromatic heterocycles. The number of aromatic nitrogens is 4. The van der Waals surface area contributed by atoms with E-state index in [2.05, 4.69) is 15.0 Å². The monoisotopic (exact) mass is 422 g/mol. The van der Waals surface area contributed by atoms with Gasteiger partial charge >= 0.3 is 5.63 Å². The first-order valence-electron chi connectivity index (χ1n) is 8.71. The SMILES string of the molecule is Cc1cc(Cl)cc2c(=O)oc(-c3ncc4cccn4c3-c3cccnc3Cl)nc12. The number of benzene rings is 1. The molecule has 0 aliphatic carbocycles. The van der Waals surface area contributed by atoms with E-state index in [-0.39, 0.29) is 5.89 Å². The van der Waals surface area contributed by atoms with Gasteiger partial charge in [0.1, 0.15) is 5.15 Å². The molecule has 0 N–H and O–H groups in total. The summed E-state index contributed by atoms with van der Waals surface area (Å²) in [5.74, 6) is 0.0958. The number of hydrogen-bond acceptors (Lipinski definition) is 5. The Morgan fingerprint density at radius 1 is 1.10 bits per heavy atom. The summed E-state index contributed by atoms with van der Waals surface area (Å²) < 4.78 is 7.46. The lowest BCUT2D eigenvalue weighted by molar-refractivity contribution is 0.516. The van der Waals surface area contributed by atoms with Crippen molar-refractivity contribution in [3.63, 3.8) is 0 Å². The zero-order valence-corrected chi connectivity index (χ0v) is 16.6. The summed E-state index contributed by atoms with van der Waals surface area (Å²) >= 11 is 12.5. The molecule has 4 heterocycles. The molecule has 0 fully saturated rings. The second-order valence-corrected chi connectivity index (χ2v) is 7.32. The smallest absolute Gasteiger partial charge is 0.347 e. The Morgan fingerprint density at radius 3 is 2.79 bits per heavy atom. The van der Waals surface area contributed by atoms with Gasteiger partial charge < -0.3 is 8.82 Å². The van der Waals surface area contributed by atoms with Gasteiger partial charge in [0.15, 0.2) is 5.69 Å². The number of fused-ring (bicyclic) bond motifs is 2. The van der Waals surface area contributed by atoms with Gasteiger partial charge in [0.25, 0.3) is 5.89 Å². The Hall–Kier alpha value is -3.22. The van der Waals surface area contributed by atoms with E-state index in [0.717, 1.165) is 11.1 Å². The first-order chi connectivity index (χ1) is 14.0. The molecule has 0 spiro atoms. The van der Waals surface area contributed by atoms with E-state index >= 15 is 0 Å². The molecule has 0 amide bonds. The van der Waals surface area contributed by atoms with Gasteiger partial charge in [-0.3, -0.25) is 0 Å². The third kappa shape index (κ3) is 2.88. The largest absolute Gasteiger partial charge is 0.401 e. The van der Waals surface area contributed by atoms with Crippen LogP contribution in [0.1, 0.15) is 5.56 Å². The highest BCUT2D eigenvalue weighted by atomic mass is 35.5. The maximum Gasteiger partial charge on any atom is 0.347 e. The predicted octanol–water partition coefficient (Wildman–Crippen LogP) is 5.18. The van der Waals surface area contributed by atoms with Crippen molar-refractivity contribution in [3.05, 3.63) is 81.1 Å². The summed E-state index contributed by atoms with van der Waals surface area (Å²) in [6.45, 7) is 1.84. The zero-order valence-electron chi connectivity index (χ0n) is 15.1. The van der Waals surface area contributed by atoms with Crippen LogP contribution in [0.2, 0.25) is 10.2 Å². The highest BCUT2D eigenvalue weighted by Crippen LogP contribution is 2.34. The van der Waals surface area contributed by atoms with Crippen molar-refractivity contribution in [1.82, 2.24) is 19.4 Å². The molecule has 0 bridgehead atoms. The maximum atomic E-state index is 12.7. The van der Waals surface area contributed by atoms with Crippen LogP contribution in [0.3, 0.4) is 0 Å². The summed E-state index contributed by atoms with van der Waals surface area (Å²) in [7, 11) is 0. The van der Waals surface area contributed by atoms with Crippen molar-refractivity contribution in [2.24, 2.45) is 0 Å². The average molecular weight is 423 g/mol. The van der Waals surface area contributed by atoms with Crippen molar-refractivity contribution in [3.8, 4) is 22.8 Å². The minimum Gasteiger partial charge on any atom is -0.401 e. The van der Waals surface area contributed by atoms with Crippen LogP contribution in [0.5, 0.6) is 0 Å². The Morgan fingerprint density at radius 2 is 1.97 bits per heavy atom. The molecule has 8 heteroatoms. The lowest BCUT2D eigenvalue weighted by Crippen LogP contribution is -2.07. The number of aryl methyl sites for hydroxylation is 1. The summed E-state index contributed by atoms with van der Waals surface area (Å²) in [5.41, 5.74) is 3.27. The molecule has 0 aliphatic heterocycles. The first-order valence-corrected chi connectivity index (χ1v) is 9.47. The topological polar surface area (TPSA) is 73.3 Å². The number of pyridine rings is 1. The molecule has 0 saturated carbocycles. The van der Waals surface area contributed by atoms with Gasteiger partial charge in [-0.1, -0.05) is 23.2 Å². The van der Waals surface area contributed by atoms with Crippen molar-refractivity contribution in [1.29, 1.82) is 0 Å². The van der Waals surface area contributed by atoms with E-state index in [9.17, 15) is 4.79 Å². The van der Waals surface area contributed by atoms with E-state index in [4.69, 9.17) is 27.6 Å². The molecule has 142 valence electrons. The normalized spacial score (nSPS) is 11.4. The molecular formula is C21H12Cl2N4O2. The zero-order chi connectivity index (χ0) is 20.1. The Balaban J connectivity index is 1.88. The summed E-state index contributed by atoms with van der Waals surface area (Å²) in [6.07, 6.45) is 5.17. The Kier molecular flexibility index (Phi) is 4.12. The standard InChI is InChI=1S/C21H12Cl2N4O2/c1-11-8-12(22)9-15-16(11)26-20(29-21(15)28)17-18(14-5-2-6-24-19(14)23)27-7-3-4-13(27)10-25-17/h2-10H,1H3. The Labute approximate surface area is 174 Å². The quantitative estimate of drug-likeness (QED) is 0.366. The molecule has 5 rings (SSSR count). The number of nitrogens with zero attached hydrogens (tertiary/aromatic N) is 4. The van der Waals surface area contributed by atoms with E-state index in [0.29, 0.717) is 38.0 Å². The minimum atomic E-state index is -0.534. The molecule has 0 unspecified atom stereocenters. The van der Waals surface area contributed by atoms with Crippen LogP contribution in [0, 0.1) is 6.92 Å². The van der Waals surface area contributed by atoms with Gasteiger partial charge in [-0.25, -0.2) is 19.7 Å². The van der Waals surface area contributed by atoms with Crippen molar-refractivity contribution in [2.45, 2.75) is 6.92 Å². The van der Waals surface area contributed by atoms with Crippen LogP contribution in [-0.4, -0.2) is 19.4 Å². The Bertz CT molecular complexity index is 1470. The highest BCUT2D eigenvalue weighted by molar-refractivity contribution is 6.32. The third-order valence-corrected chi connectivity index (χ3v) is 5.20. The van der Waals surface area contributed by atoms with Gasteiger partial charge in [0, 0.05) is 23.0 Å². The lowest BCUT2D eigenvalue weighted by atomic mass is 10.1. The molecule has 0 aliphatic rings. The number of rotatable bonds is 2. The van der Waals surface area contributed by atoms with Gasteiger partial charge in [0.05, 0.1) is 28.3 Å². The fraction of sp³-hybridized carbons (Fsp3) is 0.0476. The molecule has 6 nitrogen and oxygen atoms in total. The average Bonchev–Trinajstić information content (AvgIpc) is 3.17. The van der Waals surface area contributed by atoms with Crippen molar-refractivity contribution < 1.29 is 4.42 Å². The van der Waals surface area contributed by atoms with Crippen LogP contribution in [-0.2, 0) is 0 Å². The first kappa shape index (κ1) is 17.8. The fourth-order valence-corrected chi connectivity index (χ4v) is 3.87. The molecular weight excluding hydrogens is 411 g/mol. The van der Waals surface area contributed by atoms with E-state index < -0.39 is 5.63 Å². The summed E-state index contributed by atoms with van der Waals surface area (Å²) in [6, 6.07) is 10.7. The molecule has 5 aromatic rings. The second-order valence-electron chi connectivity index (χ2n) is 6.53. The van der Waals surface area contributed by atoms with Crippen LogP contribution >= 0.6 is 23.2 Å². The molecule has 0 atom stereocenters.